The Labute approximate surface area is 186 Å². The van der Waals surface area contributed by atoms with E-state index in [9.17, 15) is 5.11 Å². The van der Waals surface area contributed by atoms with Crippen molar-refractivity contribution in [1.82, 2.24) is 14.5 Å². The van der Waals surface area contributed by atoms with Crippen molar-refractivity contribution < 1.29 is 14.6 Å². The van der Waals surface area contributed by atoms with Gasteiger partial charge in [-0.25, -0.2) is 9.97 Å². The molecule has 7 nitrogen and oxygen atoms in total. The molecule has 1 aliphatic heterocycles. The van der Waals surface area contributed by atoms with Crippen molar-refractivity contribution in [2.45, 2.75) is 63.9 Å². The minimum absolute atomic E-state index is 0.0214. The van der Waals surface area contributed by atoms with Gasteiger partial charge in [-0.05, 0) is 56.5 Å². The summed E-state index contributed by atoms with van der Waals surface area (Å²) in [5.41, 5.74) is 9.38. The largest absolute Gasteiger partial charge is 0.388 e. The standard InChI is InChI=1S/C23H27ClN4O3/c1-12-15-6-7-28(22(15)27-11-26-12)18-9-17(20-21(18)31-23(2,3)30-20)19(29)16-5-4-14(24)8-13(16)10-25/h4-8,11,17-21,29H,9-10,25H2,1-3H3/t17-,18-,19?,20-,21+/m1/s1. The van der Waals surface area contributed by atoms with Gasteiger partial charge in [0.2, 0.25) is 0 Å². The number of aliphatic hydroxyl groups is 1. The van der Waals surface area contributed by atoms with Crippen LogP contribution in [0.5, 0.6) is 0 Å². The second kappa shape index (κ2) is 7.53. The molecule has 3 aromatic rings. The molecule has 0 bridgehead atoms. The van der Waals surface area contributed by atoms with E-state index in [-0.39, 0.29) is 24.2 Å². The van der Waals surface area contributed by atoms with Crippen LogP contribution >= 0.6 is 11.6 Å². The van der Waals surface area contributed by atoms with Crippen molar-refractivity contribution >= 4 is 22.6 Å². The van der Waals surface area contributed by atoms with Gasteiger partial charge in [0.15, 0.2) is 5.79 Å². The molecule has 1 unspecified atom stereocenters. The molecule has 1 aromatic carbocycles. The predicted molar refractivity (Wildman–Crippen MR) is 118 cm³/mol. The molecule has 1 saturated heterocycles. The van der Waals surface area contributed by atoms with E-state index in [1.165, 1.54) is 0 Å². The van der Waals surface area contributed by atoms with E-state index in [0.717, 1.165) is 27.9 Å². The molecule has 1 saturated carbocycles. The van der Waals surface area contributed by atoms with Gasteiger partial charge in [-0.2, -0.15) is 0 Å². The van der Waals surface area contributed by atoms with Gasteiger partial charge < -0.3 is 24.9 Å². The van der Waals surface area contributed by atoms with Gasteiger partial charge in [-0.1, -0.05) is 17.7 Å². The molecule has 3 N–H and O–H groups in total. The zero-order chi connectivity index (χ0) is 21.9. The van der Waals surface area contributed by atoms with E-state index in [1.807, 2.05) is 45.2 Å². The summed E-state index contributed by atoms with van der Waals surface area (Å²) < 4.78 is 14.8. The zero-order valence-electron chi connectivity index (χ0n) is 17.8. The van der Waals surface area contributed by atoms with Crippen molar-refractivity contribution in [3.63, 3.8) is 0 Å². The van der Waals surface area contributed by atoms with E-state index in [0.29, 0.717) is 18.0 Å². The number of aliphatic hydroxyl groups excluding tert-OH is 1. The highest BCUT2D eigenvalue weighted by molar-refractivity contribution is 6.30. The lowest BCUT2D eigenvalue weighted by Gasteiger charge is -2.27. The third kappa shape index (κ3) is 3.45. The number of halogens is 1. The third-order valence-electron chi connectivity index (χ3n) is 6.59. The van der Waals surface area contributed by atoms with Gasteiger partial charge in [0.05, 0.1) is 23.9 Å². The average Bonchev–Trinajstić information content (AvgIpc) is 3.38. The number of aromatic nitrogens is 3. The lowest BCUT2D eigenvalue weighted by molar-refractivity contribution is -0.165. The SMILES string of the molecule is Cc1ncnc2c1ccn2[C@@H]1C[C@H](C(O)c2ccc(Cl)cc2CN)[C@H]2OC(C)(C)O[C@H]21. The number of nitrogens with two attached hydrogens (primary N) is 1. The van der Waals surface area contributed by atoms with Crippen LogP contribution in [0.25, 0.3) is 11.0 Å². The summed E-state index contributed by atoms with van der Waals surface area (Å²) in [6.07, 6.45) is 3.11. The highest BCUT2D eigenvalue weighted by Gasteiger charge is 2.56. The van der Waals surface area contributed by atoms with E-state index < -0.39 is 11.9 Å². The van der Waals surface area contributed by atoms with E-state index in [2.05, 4.69) is 14.5 Å². The van der Waals surface area contributed by atoms with Crippen LogP contribution in [0.1, 0.15) is 49.2 Å². The van der Waals surface area contributed by atoms with Gasteiger partial charge in [0, 0.05) is 29.1 Å². The highest BCUT2D eigenvalue weighted by atomic mass is 35.5. The minimum Gasteiger partial charge on any atom is -0.388 e. The maximum absolute atomic E-state index is 11.4. The molecule has 3 heterocycles. The summed E-state index contributed by atoms with van der Waals surface area (Å²) in [5.74, 6) is -0.889. The summed E-state index contributed by atoms with van der Waals surface area (Å²) in [4.78, 5) is 8.83. The molecule has 164 valence electrons. The van der Waals surface area contributed by atoms with Crippen molar-refractivity contribution in [3.05, 3.63) is 58.6 Å². The van der Waals surface area contributed by atoms with Crippen LogP contribution < -0.4 is 5.73 Å². The fourth-order valence-electron chi connectivity index (χ4n) is 5.21. The number of benzene rings is 1. The first kappa shape index (κ1) is 20.8. The van der Waals surface area contributed by atoms with Crippen LogP contribution in [0.3, 0.4) is 0 Å². The second-order valence-electron chi connectivity index (χ2n) is 8.94. The van der Waals surface area contributed by atoms with Crippen LogP contribution in [0.4, 0.5) is 0 Å². The molecule has 0 spiro atoms. The van der Waals surface area contributed by atoms with Gasteiger partial charge in [-0.3, -0.25) is 0 Å². The number of hydrogen-bond acceptors (Lipinski definition) is 6. The van der Waals surface area contributed by atoms with Gasteiger partial charge in [0.25, 0.3) is 0 Å². The highest BCUT2D eigenvalue weighted by Crippen LogP contribution is 2.51. The van der Waals surface area contributed by atoms with E-state index >= 15 is 0 Å². The maximum Gasteiger partial charge on any atom is 0.163 e. The quantitative estimate of drug-likeness (QED) is 0.640. The van der Waals surface area contributed by atoms with E-state index in [1.54, 1.807) is 12.4 Å². The van der Waals surface area contributed by atoms with Crippen LogP contribution in [0.15, 0.2) is 36.8 Å². The Kier molecular flexibility index (Phi) is 5.07. The number of nitrogens with zero attached hydrogens (tertiary/aromatic N) is 3. The molecule has 2 fully saturated rings. The number of fused-ring (bicyclic) bond motifs is 2. The number of rotatable bonds is 4. The van der Waals surface area contributed by atoms with Gasteiger partial charge in [-0.15, -0.1) is 0 Å². The molecule has 31 heavy (non-hydrogen) atoms. The Balaban J connectivity index is 1.55. The maximum atomic E-state index is 11.4. The summed E-state index contributed by atoms with van der Waals surface area (Å²) in [7, 11) is 0. The van der Waals surface area contributed by atoms with Gasteiger partial charge in [0.1, 0.15) is 18.1 Å². The predicted octanol–water partition coefficient (Wildman–Crippen LogP) is 3.67. The van der Waals surface area contributed by atoms with Crippen LogP contribution in [0.2, 0.25) is 5.02 Å². The van der Waals surface area contributed by atoms with E-state index in [4.69, 9.17) is 26.8 Å². The lowest BCUT2D eigenvalue weighted by atomic mass is 9.89. The summed E-state index contributed by atoms with van der Waals surface area (Å²) in [6.45, 7) is 6.11. The molecule has 2 aliphatic rings. The monoisotopic (exact) mass is 442 g/mol. The lowest BCUT2D eigenvalue weighted by Crippen LogP contribution is -2.29. The Morgan fingerprint density at radius 2 is 2.03 bits per heavy atom. The number of hydrogen-bond donors (Lipinski definition) is 2. The second-order valence-corrected chi connectivity index (χ2v) is 9.38. The Bertz CT molecular complexity index is 1130. The minimum atomic E-state index is -0.746. The Morgan fingerprint density at radius 3 is 2.81 bits per heavy atom. The topological polar surface area (TPSA) is 95.4 Å². The molecular formula is C23H27ClN4O3. The first-order valence-corrected chi connectivity index (χ1v) is 11.0. The number of aryl methyl sites for hydroxylation is 1. The number of ether oxygens (including phenoxy) is 2. The Morgan fingerprint density at radius 1 is 1.26 bits per heavy atom. The first-order chi connectivity index (χ1) is 14.8. The fraction of sp³-hybridized carbons (Fsp3) is 0.478. The van der Waals surface area contributed by atoms with Gasteiger partial charge >= 0.3 is 0 Å². The van der Waals surface area contributed by atoms with Crippen molar-refractivity contribution in [2.24, 2.45) is 11.7 Å². The summed E-state index contributed by atoms with van der Waals surface area (Å²) in [5, 5.41) is 13.1. The summed E-state index contributed by atoms with van der Waals surface area (Å²) >= 11 is 6.15. The summed E-state index contributed by atoms with van der Waals surface area (Å²) in [6, 6.07) is 7.49. The molecule has 0 amide bonds. The van der Waals surface area contributed by atoms with Crippen molar-refractivity contribution in [2.75, 3.05) is 0 Å². The van der Waals surface area contributed by atoms with Crippen molar-refractivity contribution in [1.29, 1.82) is 0 Å². The molecular weight excluding hydrogens is 416 g/mol. The fourth-order valence-corrected chi connectivity index (χ4v) is 5.40. The van der Waals surface area contributed by atoms with Crippen LogP contribution in [-0.2, 0) is 16.0 Å². The molecule has 8 heteroatoms. The van der Waals surface area contributed by atoms with Crippen LogP contribution in [0, 0.1) is 12.8 Å². The third-order valence-corrected chi connectivity index (χ3v) is 6.83. The first-order valence-electron chi connectivity index (χ1n) is 10.6. The molecule has 1 aliphatic carbocycles. The smallest absolute Gasteiger partial charge is 0.163 e. The molecule has 0 radical (unpaired) electrons. The van der Waals surface area contributed by atoms with Crippen molar-refractivity contribution in [3.8, 4) is 0 Å². The molecule has 5 atom stereocenters. The normalized spacial score (nSPS) is 28.2. The molecule has 2 aromatic heterocycles. The zero-order valence-corrected chi connectivity index (χ0v) is 18.6. The molecule has 5 rings (SSSR count). The Hall–Kier alpha value is -2.03. The van der Waals surface area contributed by atoms with Crippen LogP contribution in [-0.4, -0.2) is 37.6 Å². The average molecular weight is 443 g/mol.